The van der Waals surface area contributed by atoms with Gasteiger partial charge in [-0.1, -0.05) is 17.7 Å². The summed E-state index contributed by atoms with van der Waals surface area (Å²) in [4.78, 5) is 14.6. The zero-order valence-electron chi connectivity index (χ0n) is 9.99. The number of hydrogen-bond donors (Lipinski definition) is 0. The van der Waals surface area contributed by atoms with Gasteiger partial charge in [-0.25, -0.2) is 4.39 Å². The SMILES string of the molecule is CN(Cc1ccc(Cl)s1)C(=O)c1cccc(Br)c1F. The molecule has 1 aromatic carbocycles. The summed E-state index contributed by atoms with van der Waals surface area (Å²) in [6.07, 6.45) is 0. The van der Waals surface area contributed by atoms with Crippen LogP contribution in [0.15, 0.2) is 34.8 Å². The number of rotatable bonds is 3. The van der Waals surface area contributed by atoms with E-state index in [0.717, 1.165) is 4.88 Å². The highest BCUT2D eigenvalue weighted by molar-refractivity contribution is 9.10. The maximum absolute atomic E-state index is 13.8. The van der Waals surface area contributed by atoms with Gasteiger partial charge in [-0.05, 0) is 40.2 Å². The number of nitrogens with zero attached hydrogens (tertiary/aromatic N) is 1. The van der Waals surface area contributed by atoms with E-state index >= 15 is 0 Å². The summed E-state index contributed by atoms with van der Waals surface area (Å²) < 4.78 is 14.8. The molecule has 0 aliphatic carbocycles. The highest BCUT2D eigenvalue weighted by Crippen LogP contribution is 2.24. The zero-order valence-corrected chi connectivity index (χ0v) is 13.1. The lowest BCUT2D eigenvalue weighted by Gasteiger charge is -2.16. The molecule has 100 valence electrons. The molecule has 0 fully saturated rings. The molecule has 0 unspecified atom stereocenters. The minimum Gasteiger partial charge on any atom is -0.336 e. The molecule has 0 bridgehead atoms. The van der Waals surface area contributed by atoms with Crippen LogP contribution in [0.5, 0.6) is 0 Å². The molecule has 0 radical (unpaired) electrons. The van der Waals surface area contributed by atoms with Crippen molar-refractivity contribution in [2.45, 2.75) is 6.54 Å². The van der Waals surface area contributed by atoms with E-state index in [1.54, 1.807) is 25.2 Å². The molecule has 1 amide bonds. The molecule has 0 aliphatic rings. The Morgan fingerprint density at radius 3 is 2.79 bits per heavy atom. The standard InChI is InChI=1S/C13H10BrClFNOS/c1-17(7-8-5-6-11(15)19-8)13(18)9-3-2-4-10(14)12(9)16/h2-6H,7H2,1H3. The van der Waals surface area contributed by atoms with Gasteiger partial charge in [-0.15, -0.1) is 11.3 Å². The van der Waals surface area contributed by atoms with Gasteiger partial charge < -0.3 is 4.90 Å². The van der Waals surface area contributed by atoms with E-state index in [2.05, 4.69) is 15.9 Å². The van der Waals surface area contributed by atoms with Crippen LogP contribution in [-0.4, -0.2) is 17.9 Å². The lowest BCUT2D eigenvalue weighted by atomic mass is 10.2. The summed E-state index contributed by atoms with van der Waals surface area (Å²) >= 11 is 10.3. The van der Waals surface area contributed by atoms with E-state index in [9.17, 15) is 9.18 Å². The van der Waals surface area contributed by atoms with Crippen LogP contribution in [-0.2, 0) is 6.54 Å². The molecule has 0 atom stereocenters. The molecule has 2 nitrogen and oxygen atoms in total. The average Bonchev–Trinajstić information content (AvgIpc) is 2.77. The third-order valence-corrected chi connectivity index (χ3v) is 4.38. The third kappa shape index (κ3) is 3.35. The van der Waals surface area contributed by atoms with Crippen molar-refractivity contribution in [1.29, 1.82) is 0 Å². The minimum atomic E-state index is -0.538. The summed E-state index contributed by atoms with van der Waals surface area (Å²) in [5.74, 6) is -0.896. The van der Waals surface area contributed by atoms with Crippen molar-refractivity contribution in [3.05, 3.63) is 55.4 Å². The van der Waals surface area contributed by atoms with Crippen LogP contribution in [0.1, 0.15) is 15.2 Å². The van der Waals surface area contributed by atoms with Crippen LogP contribution in [0.3, 0.4) is 0 Å². The van der Waals surface area contributed by atoms with Crippen molar-refractivity contribution in [2.75, 3.05) is 7.05 Å². The molecule has 1 heterocycles. The van der Waals surface area contributed by atoms with E-state index in [4.69, 9.17) is 11.6 Å². The summed E-state index contributed by atoms with van der Waals surface area (Å²) in [7, 11) is 1.64. The fourth-order valence-electron chi connectivity index (χ4n) is 1.62. The lowest BCUT2D eigenvalue weighted by molar-refractivity contribution is 0.0781. The minimum absolute atomic E-state index is 0.0551. The van der Waals surface area contributed by atoms with Gasteiger partial charge in [0.2, 0.25) is 0 Å². The fourth-order valence-corrected chi connectivity index (χ4v) is 3.12. The molecule has 19 heavy (non-hydrogen) atoms. The quantitative estimate of drug-likeness (QED) is 0.783. The third-order valence-electron chi connectivity index (χ3n) is 2.55. The Kier molecular flexibility index (Phi) is 4.60. The van der Waals surface area contributed by atoms with Crippen molar-refractivity contribution in [1.82, 2.24) is 4.90 Å². The van der Waals surface area contributed by atoms with Crippen LogP contribution in [0, 0.1) is 5.82 Å². The predicted octanol–water partition coefficient (Wildman–Crippen LogP) is 4.58. The number of carbonyl (C=O) groups is 1. The Morgan fingerprint density at radius 1 is 1.42 bits per heavy atom. The van der Waals surface area contributed by atoms with E-state index in [0.29, 0.717) is 10.9 Å². The molecule has 0 aliphatic heterocycles. The molecular formula is C13H10BrClFNOS. The molecule has 6 heteroatoms. The molecule has 0 saturated heterocycles. The molecule has 0 N–H and O–H groups in total. The highest BCUT2D eigenvalue weighted by Gasteiger charge is 2.18. The number of thiophene rings is 1. The largest absolute Gasteiger partial charge is 0.336 e. The van der Waals surface area contributed by atoms with Crippen LogP contribution in [0.2, 0.25) is 4.34 Å². The van der Waals surface area contributed by atoms with E-state index in [1.807, 2.05) is 6.07 Å². The maximum Gasteiger partial charge on any atom is 0.256 e. The van der Waals surface area contributed by atoms with Crippen molar-refractivity contribution in [3.63, 3.8) is 0 Å². The first-order valence-electron chi connectivity index (χ1n) is 5.42. The molecular weight excluding hydrogens is 353 g/mol. The second-order valence-electron chi connectivity index (χ2n) is 3.97. The van der Waals surface area contributed by atoms with Gasteiger partial charge >= 0.3 is 0 Å². The van der Waals surface area contributed by atoms with E-state index < -0.39 is 5.82 Å². The zero-order chi connectivity index (χ0) is 14.0. The number of carbonyl (C=O) groups excluding carboxylic acids is 1. The Labute approximate surface area is 127 Å². The monoisotopic (exact) mass is 361 g/mol. The van der Waals surface area contributed by atoms with Crippen molar-refractivity contribution in [3.8, 4) is 0 Å². The summed E-state index contributed by atoms with van der Waals surface area (Å²) in [5, 5.41) is 0. The predicted molar refractivity (Wildman–Crippen MR) is 79.2 cm³/mol. The molecule has 2 rings (SSSR count). The summed E-state index contributed by atoms with van der Waals surface area (Å²) in [6, 6.07) is 8.30. The Morgan fingerprint density at radius 2 is 2.16 bits per heavy atom. The second-order valence-corrected chi connectivity index (χ2v) is 6.62. The Hall–Kier alpha value is -0.910. The van der Waals surface area contributed by atoms with Crippen molar-refractivity contribution >= 4 is 44.8 Å². The van der Waals surface area contributed by atoms with Gasteiger partial charge in [0.05, 0.1) is 20.9 Å². The smallest absolute Gasteiger partial charge is 0.256 e. The summed E-state index contributed by atoms with van der Waals surface area (Å²) in [5.41, 5.74) is 0.0551. The first-order valence-corrected chi connectivity index (χ1v) is 7.41. The molecule has 0 spiro atoms. The second kappa shape index (κ2) is 6.03. The van der Waals surface area contributed by atoms with Gasteiger partial charge in [0, 0.05) is 11.9 Å². The summed E-state index contributed by atoms with van der Waals surface area (Å²) in [6.45, 7) is 0.405. The normalized spacial score (nSPS) is 10.5. The fraction of sp³-hybridized carbons (Fsp3) is 0.154. The van der Waals surface area contributed by atoms with Gasteiger partial charge in [0.15, 0.2) is 0 Å². The number of amides is 1. The molecule has 0 saturated carbocycles. The van der Waals surface area contributed by atoms with Gasteiger partial charge in [0.1, 0.15) is 5.82 Å². The van der Waals surface area contributed by atoms with Crippen molar-refractivity contribution in [2.24, 2.45) is 0 Å². The van der Waals surface area contributed by atoms with Crippen LogP contribution >= 0.6 is 38.9 Å². The van der Waals surface area contributed by atoms with Gasteiger partial charge in [0.25, 0.3) is 5.91 Å². The van der Waals surface area contributed by atoms with Gasteiger partial charge in [-0.3, -0.25) is 4.79 Å². The molecule has 1 aromatic heterocycles. The Bertz CT molecular complexity index is 616. The van der Waals surface area contributed by atoms with Crippen LogP contribution in [0.25, 0.3) is 0 Å². The first-order chi connectivity index (χ1) is 8.99. The van der Waals surface area contributed by atoms with Crippen LogP contribution < -0.4 is 0 Å². The van der Waals surface area contributed by atoms with E-state index in [1.165, 1.54) is 22.3 Å². The first kappa shape index (κ1) is 14.5. The Balaban J connectivity index is 2.17. The number of halogens is 3. The van der Waals surface area contributed by atoms with E-state index in [-0.39, 0.29) is 15.9 Å². The lowest BCUT2D eigenvalue weighted by Crippen LogP contribution is -2.26. The number of benzene rings is 1. The highest BCUT2D eigenvalue weighted by atomic mass is 79.9. The topological polar surface area (TPSA) is 20.3 Å². The number of hydrogen-bond acceptors (Lipinski definition) is 2. The van der Waals surface area contributed by atoms with Gasteiger partial charge in [-0.2, -0.15) is 0 Å². The molecule has 2 aromatic rings. The van der Waals surface area contributed by atoms with Crippen molar-refractivity contribution < 1.29 is 9.18 Å². The maximum atomic E-state index is 13.8. The van der Waals surface area contributed by atoms with Crippen LogP contribution in [0.4, 0.5) is 4.39 Å². The average molecular weight is 363 g/mol.